The third kappa shape index (κ3) is 4.02. The Morgan fingerprint density at radius 3 is 2.59 bits per heavy atom. The van der Waals surface area contributed by atoms with Crippen LogP contribution < -0.4 is 20.1 Å². The molecule has 34 heavy (non-hydrogen) atoms. The van der Waals surface area contributed by atoms with E-state index in [1.807, 2.05) is 11.0 Å². The molecule has 3 amide bonds. The molecular formula is C27H27N3O4. The summed E-state index contributed by atoms with van der Waals surface area (Å²) in [6, 6.07) is 20.3. The average Bonchev–Trinajstić information content (AvgIpc) is 3.47. The van der Waals surface area contributed by atoms with Gasteiger partial charge in [0.2, 0.25) is 12.7 Å². The normalized spacial score (nSPS) is 21.4. The molecule has 2 N–H and O–H groups in total. The number of urea groups is 1. The van der Waals surface area contributed by atoms with Crippen LogP contribution in [-0.2, 0) is 4.79 Å². The topological polar surface area (TPSA) is 79.9 Å². The molecule has 1 aliphatic carbocycles. The highest BCUT2D eigenvalue weighted by Crippen LogP contribution is 2.43. The van der Waals surface area contributed by atoms with Gasteiger partial charge in [-0.3, -0.25) is 4.79 Å². The molecule has 6 rings (SSSR count). The summed E-state index contributed by atoms with van der Waals surface area (Å²) in [5, 5.41) is 8.68. The molecule has 3 aliphatic rings. The Morgan fingerprint density at radius 1 is 0.912 bits per heavy atom. The van der Waals surface area contributed by atoms with Crippen molar-refractivity contribution in [3.05, 3.63) is 66.2 Å². The molecular weight excluding hydrogens is 430 g/mol. The minimum absolute atomic E-state index is 0.0165. The number of anilines is 1. The summed E-state index contributed by atoms with van der Waals surface area (Å²) < 4.78 is 10.7. The van der Waals surface area contributed by atoms with Crippen LogP contribution in [-0.4, -0.2) is 42.8 Å². The van der Waals surface area contributed by atoms with Crippen LogP contribution in [0.1, 0.15) is 30.7 Å². The predicted octanol–water partition coefficient (Wildman–Crippen LogP) is 4.48. The summed E-state index contributed by atoms with van der Waals surface area (Å²) in [5.74, 6) is 1.57. The van der Waals surface area contributed by atoms with E-state index >= 15 is 0 Å². The van der Waals surface area contributed by atoms with E-state index in [0.29, 0.717) is 49.0 Å². The molecule has 2 aliphatic heterocycles. The lowest BCUT2D eigenvalue weighted by molar-refractivity contribution is -0.121. The van der Waals surface area contributed by atoms with Crippen LogP contribution in [0, 0.1) is 5.92 Å². The van der Waals surface area contributed by atoms with Crippen molar-refractivity contribution in [3.63, 3.8) is 0 Å². The number of nitrogens with zero attached hydrogens (tertiary/aromatic N) is 1. The SMILES string of the molecule is O=C(Nc1ccc2c(c1)OCO2)C1CCN(C(=O)N[C@@H]2C[C@H]2c2cccc3ccccc23)CC1. The van der Waals surface area contributed by atoms with E-state index in [9.17, 15) is 9.59 Å². The first-order valence-corrected chi connectivity index (χ1v) is 11.9. The van der Waals surface area contributed by atoms with E-state index in [4.69, 9.17) is 9.47 Å². The van der Waals surface area contributed by atoms with Gasteiger partial charge in [0.25, 0.3) is 0 Å². The lowest BCUT2D eigenvalue weighted by Gasteiger charge is -2.31. The van der Waals surface area contributed by atoms with Gasteiger partial charge in [-0.05, 0) is 47.7 Å². The van der Waals surface area contributed by atoms with Crippen LogP contribution in [0.4, 0.5) is 10.5 Å². The molecule has 7 nitrogen and oxygen atoms in total. The third-order valence-electron chi connectivity index (χ3n) is 7.12. The summed E-state index contributed by atoms with van der Waals surface area (Å²) in [7, 11) is 0. The van der Waals surface area contributed by atoms with E-state index in [1.54, 1.807) is 12.1 Å². The first-order valence-electron chi connectivity index (χ1n) is 11.9. The Kier molecular flexibility index (Phi) is 5.24. The van der Waals surface area contributed by atoms with Gasteiger partial charge in [-0.1, -0.05) is 42.5 Å². The van der Waals surface area contributed by atoms with Crippen molar-refractivity contribution < 1.29 is 19.1 Å². The van der Waals surface area contributed by atoms with E-state index < -0.39 is 0 Å². The van der Waals surface area contributed by atoms with Crippen molar-refractivity contribution in [1.29, 1.82) is 0 Å². The summed E-state index contributed by atoms with van der Waals surface area (Å²) >= 11 is 0. The molecule has 3 aromatic rings. The van der Waals surface area contributed by atoms with E-state index in [1.165, 1.54) is 16.3 Å². The van der Waals surface area contributed by atoms with Crippen molar-refractivity contribution >= 4 is 28.4 Å². The molecule has 0 spiro atoms. The number of carbonyl (C=O) groups excluding carboxylic acids is 2. The number of ether oxygens (including phenoxy) is 2. The van der Waals surface area contributed by atoms with Gasteiger partial charge in [-0.25, -0.2) is 4.79 Å². The van der Waals surface area contributed by atoms with Crippen LogP contribution in [0.15, 0.2) is 60.7 Å². The van der Waals surface area contributed by atoms with Crippen molar-refractivity contribution in [3.8, 4) is 11.5 Å². The first kappa shape index (κ1) is 20.8. The molecule has 0 radical (unpaired) electrons. The zero-order valence-corrected chi connectivity index (χ0v) is 18.8. The van der Waals surface area contributed by atoms with Gasteiger partial charge >= 0.3 is 6.03 Å². The van der Waals surface area contributed by atoms with Gasteiger partial charge in [-0.15, -0.1) is 0 Å². The van der Waals surface area contributed by atoms with Crippen molar-refractivity contribution in [2.24, 2.45) is 5.92 Å². The number of hydrogen-bond acceptors (Lipinski definition) is 4. The molecule has 0 aromatic heterocycles. The van der Waals surface area contributed by atoms with Gasteiger partial charge in [0.05, 0.1) is 0 Å². The second-order valence-corrected chi connectivity index (χ2v) is 9.29. The fraction of sp³-hybridized carbons (Fsp3) is 0.333. The van der Waals surface area contributed by atoms with Crippen LogP contribution in [0.25, 0.3) is 10.8 Å². The maximum atomic E-state index is 12.9. The molecule has 1 saturated heterocycles. The Bertz CT molecular complexity index is 1250. The molecule has 2 fully saturated rings. The number of carbonyl (C=O) groups is 2. The highest BCUT2D eigenvalue weighted by atomic mass is 16.7. The maximum Gasteiger partial charge on any atom is 0.317 e. The van der Waals surface area contributed by atoms with Gasteiger partial charge < -0.3 is 25.0 Å². The first-order chi connectivity index (χ1) is 16.7. The van der Waals surface area contributed by atoms with Crippen LogP contribution in [0.2, 0.25) is 0 Å². The molecule has 7 heteroatoms. The van der Waals surface area contributed by atoms with E-state index in [-0.39, 0.29) is 30.7 Å². The number of amides is 3. The summed E-state index contributed by atoms with van der Waals surface area (Å²) in [6.07, 6.45) is 2.27. The maximum absolute atomic E-state index is 12.9. The second kappa shape index (κ2) is 8.56. The Labute approximate surface area is 198 Å². The van der Waals surface area contributed by atoms with Gasteiger partial charge in [0.15, 0.2) is 11.5 Å². The van der Waals surface area contributed by atoms with Gasteiger partial charge in [0.1, 0.15) is 0 Å². The van der Waals surface area contributed by atoms with Crippen molar-refractivity contribution in [2.75, 3.05) is 25.2 Å². The fourth-order valence-corrected chi connectivity index (χ4v) is 5.09. The van der Waals surface area contributed by atoms with Crippen molar-refractivity contribution in [2.45, 2.75) is 31.2 Å². The van der Waals surface area contributed by atoms with Gasteiger partial charge in [0, 0.05) is 42.7 Å². The molecule has 2 atom stereocenters. The van der Waals surface area contributed by atoms with Crippen LogP contribution >= 0.6 is 0 Å². The lowest BCUT2D eigenvalue weighted by Crippen LogP contribution is -2.46. The molecule has 2 heterocycles. The largest absolute Gasteiger partial charge is 0.454 e. The number of benzene rings is 3. The van der Waals surface area contributed by atoms with E-state index in [2.05, 4.69) is 53.1 Å². The van der Waals surface area contributed by atoms with E-state index in [0.717, 1.165) is 6.42 Å². The number of likely N-dealkylation sites (tertiary alicyclic amines) is 1. The minimum atomic E-state index is -0.112. The molecule has 174 valence electrons. The predicted molar refractivity (Wildman–Crippen MR) is 129 cm³/mol. The number of hydrogen-bond donors (Lipinski definition) is 2. The Hall–Kier alpha value is -3.74. The quantitative estimate of drug-likeness (QED) is 0.605. The monoisotopic (exact) mass is 457 g/mol. The Morgan fingerprint density at radius 2 is 1.71 bits per heavy atom. The van der Waals surface area contributed by atoms with Gasteiger partial charge in [-0.2, -0.15) is 0 Å². The van der Waals surface area contributed by atoms with Crippen LogP contribution in [0.5, 0.6) is 11.5 Å². The second-order valence-electron chi connectivity index (χ2n) is 9.29. The number of piperidine rings is 1. The zero-order valence-electron chi connectivity index (χ0n) is 18.8. The highest BCUT2D eigenvalue weighted by Gasteiger charge is 2.41. The summed E-state index contributed by atoms with van der Waals surface area (Å²) in [6.45, 7) is 1.37. The lowest BCUT2D eigenvalue weighted by atomic mass is 9.96. The van der Waals surface area contributed by atoms with Crippen LogP contribution in [0.3, 0.4) is 0 Å². The summed E-state index contributed by atoms with van der Waals surface area (Å²) in [4.78, 5) is 27.4. The average molecular weight is 458 g/mol. The third-order valence-corrected chi connectivity index (χ3v) is 7.12. The van der Waals surface area contributed by atoms with Crippen molar-refractivity contribution in [1.82, 2.24) is 10.2 Å². The molecule has 1 saturated carbocycles. The highest BCUT2D eigenvalue weighted by molar-refractivity contribution is 5.93. The Balaban J connectivity index is 1.00. The number of fused-ring (bicyclic) bond motifs is 2. The smallest absolute Gasteiger partial charge is 0.317 e. The molecule has 0 bridgehead atoms. The molecule has 0 unspecified atom stereocenters. The zero-order chi connectivity index (χ0) is 23.1. The summed E-state index contributed by atoms with van der Waals surface area (Å²) in [5.41, 5.74) is 2.00. The number of rotatable bonds is 4. The number of nitrogens with one attached hydrogen (secondary N) is 2. The minimum Gasteiger partial charge on any atom is -0.454 e. The fourth-order valence-electron chi connectivity index (χ4n) is 5.09. The standard InChI is InChI=1S/C27H27N3O4/c31-26(28-19-8-9-24-25(14-19)34-16-33-24)18-10-12-30(13-11-18)27(32)29-23-15-22(23)21-7-3-5-17-4-1-2-6-20(17)21/h1-9,14,18,22-23H,10-13,15-16H2,(H,28,31)(H,29,32)/t22-,23+/m0/s1. The molecule has 3 aromatic carbocycles.